The highest BCUT2D eigenvalue weighted by Crippen LogP contribution is 2.35. The number of methoxy groups -OCH3 is 1. The molecule has 3 N–H and O–H groups in total. The van der Waals surface area contributed by atoms with Crippen LogP contribution in [0, 0.1) is 5.92 Å². The van der Waals surface area contributed by atoms with Gasteiger partial charge in [0, 0.05) is 38.4 Å². The largest absolute Gasteiger partial charge is 0.497 e. The van der Waals surface area contributed by atoms with Crippen LogP contribution in [0.3, 0.4) is 0 Å². The predicted molar refractivity (Wildman–Crippen MR) is 156 cm³/mol. The summed E-state index contributed by atoms with van der Waals surface area (Å²) in [7, 11) is 0.715. The summed E-state index contributed by atoms with van der Waals surface area (Å²) in [6.07, 6.45) is 2.08. The molecule has 0 unspecified atom stereocenters. The zero-order valence-corrected chi connectivity index (χ0v) is 25.0. The van der Waals surface area contributed by atoms with E-state index < -0.39 is 28.2 Å². The number of anilines is 2. The first-order valence-electron chi connectivity index (χ1n) is 13.3. The van der Waals surface area contributed by atoms with Gasteiger partial charge in [0.25, 0.3) is 15.9 Å². The number of ether oxygens (including phenoxy) is 2. The number of imidazole rings is 1. The van der Waals surface area contributed by atoms with E-state index in [0.29, 0.717) is 11.4 Å². The van der Waals surface area contributed by atoms with Gasteiger partial charge in [0.05, 0.1) is 43.9 Å². The molecule has 3 aromatic rings. The third kappa shape index (κ3) is 6.66. The molecule has 3 atom stereocenters. The molecule has 2 heterocycles. The third-order valence-electron chi connectivity index (χ3n) is 7.08. The van der Waals surface area contributed by atoms with Crippen LogP contribution < -0.4 is 20.1 Å². The number of carbonyl (C=O) groups excluding carboxylic acids is 2. The number of sulfonamides is 1. The third-order valence-corrected chi connectivity index (χ3v) is 8.79. The van der Waals surface area contributed by atoms with Crippen molar-refractivity contribution in [2.75, 3.05) is 44.5 Å². The highest BCUT2D eigenvalue weighted by Gasteiger charge is 2.36. The Morgan fingerprint density at radius 3 is 2.57 bits per heavy atom. The minimum atomic E-state index is -3.94. The van der Waals surface area contributed by atoms with Crippen molar-refractivity contribution in [1.82, 2.24) is 18.8 Å². The number of fused-ring (bicyclic) bond motifs is 1. The van der Waals surface area contributed by atoms with Gasteiger partial charge in [-0.1, -0.05) is 13.0 Å². The van der Waals surface area contributed by atoms with Gasteiger partial charge in [0.15, 0.2) is 10.8 Å². The van der Waals surface area contributed by atoms with Crippen molar-refractivity contribution in [3.8, 4) is 11.5 Å². The number of aliphatic hydroxyl groups is 1. The highest BCUT2D eigenvalue weighted by atomic mass is 32.2. The number of para-hydroxylation sites is 1. The van der Waals surface area contributed by atoms with Crippen LogP contribution in [-0.4, -0.2) is 90.2 Å². The molecule has 3 amide bonds. The fraction of sp³-hybridized carbons (Fsp3) is 0.393. The molecule has 226 valence electrons. The van der Waals surface area contributed by atoms with Gasteiger partial charge in [0.1, 0.15) is 11.9 Å². The molecule has 1 aromatic heterocycles. The van der Waals surface area contributed by atoms with Gasteiger partial charge < -0.3 is 34.7 Å². The van der Waals surface area contributed by atoms with Crippen LogP contribution in [0.4, 0.5) is 16.2 Å². The molecule has 0 aliphatic carbocycles. The van der Waals surface area contributed by atoms with E-state index in [1.54, 1.807) is 68.1 Å². The molecule has 1 aliphatic rings. The van der Waals surface area contributed by atoms with Crippen molar-refractivity contribution in [1.29, 1.82) is 0 Å². The Bertz CT molecular complexity index is 1530. The Balaban J connectivity index is 1.67. The Hall–Kier alpha value is -4.14. The number of aryl methyl sites for hydroxylation is 1. The molecule has 0 bridgehead atoms. The number of nitrogens with zero attached hydrogens (tertiary/aromatic N) is 4. The molecule has 0 radical (unpaired) electrons. The van der Waals surface area contributed by atoms with Crippen molar-refractivity contribution < 1.29 is 32.6 Å². The number of urea groups is 1. The Morgan fingerprint density at radius 2 is 1.95 bits per heavy atom. The number of likely N-dealkylation sites (N-methyl/N-ethyl adjacent to an activating group) is 1. The monoisotopic (exact) mass is 600 g/mol. The predicted octanol–water partition coefficient (Wildman–Crippen LogP) is 2.61. The van der Waals surface area contributed by atoms with Gasteiger partial charge in [0.2, 0.25) is 0 Å². The summed E-state index contributed by atoms with van der Waals surface area (Å²) in [5.41, 5.74) is 0.905. The van der Waals surface area contributed by atoms with Crippen LogP contribution in [0.1, 0.15) is 24.2 Å². The average Bonchev–Trinajstić information content (AvgIpc) is 3.42. The summed E-state index contributed by atoms with van der Waals surface area (Å²) < 4.78 is 40.7. The second-order valence-electron chi connectivity index (χ2n) is 10.3. The number of rotatable bonds is 9. The lowest BCUT2D eigenvalue weighted by Gasteiger charge is -2.38. The van der Waals surface area contributed by atoms with Crippen LogP contribution >= 0.6 is 0 Å². The van der Waals surface area contributed by atoms with Crippen LogP contribution in [-0.2, 0) is 17.1 Å². The normalized spacial score (nSPS) is 18.0. The van der Waals surface area contributed by atoms with Crippen molar-refractivity contribution >= 4 is 33.3 Å². The van der Waals surface area contributed by atoms with E-state index in [-0.39, 0.29) is 53.5 Å². The second-order valence-corrected chi connectivity index (χ2v) is 12.3. The quantitative estimate of drug-likeness (QED) is 0.339. The molecule has 4 rings (SSSR count). The van der Waals surface area contributed by atoms with E-state index in [4.69, 9.17) is 9.47 Å². The average molecular weight is 601 g/mol. The zero-order valence-electron chi connectivity index (χ0n) is 24.1. The summed E-state index contributed by atoms with van der Waals surface area (Å²) >= 11 is 0. The van der Waals surface area contributed by atoms with Gasteiger partial charge in [-0.05, 0) is 43.3 Å². The summed E-state index contributed by atoms with van der Waals surface area (Å²) in [4.78, 5) is 32.2. The molecular weight excluding hydrogens is 564 g/mol. The molecule has 0 fully saturated rings. The molecule has 0 spiro atoms. The lowest BCUT2D eigenvalue weighted by atomic mass is 9.99. The van der Waals surface area contributed by atoms with Crippen LogP contribution in [0.5, 0.6) is 11.5 Å². The van der Waals surface area contributed by atoms with Gasteiger partial charge in [-0.15, -0.1) is 0 Å². The number of benzene rings is 2. The molecule has 14 heteroatoms. The van der Waals surface area contributed by atoms with Crippen molar-refractivity contribution in [3.05, 3.63) is 60.6 Å². The van der Waals surface area contributed by atoms with E-state index in [2.05, 4.69) is 15.6 Å². The smallest absolute Gasteiger partial charge is 0.323 e. The second kappa shape index (κ2) is 12.8. The fourth-order valence-corrected chi connectivity index (χ4v) is 5.69. The van der Waals surface area contributed by atoms with E-state index in [0.717, 1.165) is 4.31 Å². The van der Waals surface area contributed by atoms with E-state index in [1.807, 2.05) is 6.92 Å². The minimum absolute atomic E-state index is 0.0680. The maximum absolute atomic E-state index is 13.7. The van der Waals surface area contributed by atoms with Gasteiger partial charge >= 0.3 is 6.03 Å². The number of amides is 3. The zero-order chi connectivity index (χ0) is 30.6. The summed E-state index contributed by atoms with van der Waals surface area (Å²) in [6.45, 7) is 3.44. The maximum atomic E-state index is 13.7. The lowest BCUT2D eigenvalue weighted by Crippen LogP contribution is -2.50. The minimum Gasteiger partial charge on any atom is -0.497 e. The Kier molecular flexibility index (Phi) is 9.39. The maximum Gasteiger partial charge on any atom is 0.323 e. The van der Waals surface area contributed by atoms with E-state index >= 15 is 0 Å². The summed E-state index contributed by atoms with van der Waals surface area (Å²) in [6, 6.07) is 10.4. The van der Waals surface area contributed by atoms with Crippen molar-refractivity contribution in [2.24, 2.45) is 13.0 Å². The van der Waals surface area contributed by atoms with Crippen LogP contribution in [0.15, 0.2) is 60.0 Å². The van der Waals surface area contributed by atoms with Gasteiger partial charge in [-0.3, -0.25) is 4.79 Å². The van der Waals surface area contributed by atoms with Crippen LogP contribution in [0.2, 0.25) is 0 Å². The number of aliphatic hydroxyl groups excluding tert-OH is 1. The number of hydrogen-bond acceptors (Lipinski definition) is 8. The SMILES string of the molecule is COc1ccc(NC(=O)Nc2cccc3c2O[C@H](CN(C)S(=O)(=O)c2cn(C)cn2)[C@@H](C)CN([C@H](C)CO)C3=O)cc1. The topological polar surface area (TPSA) is 155 Å². The van der Waals surface area contributed by atoms with E-state index in [1.165, 1.54) is 24.5 Å². The number of carbonyl (C=O) groups is 2. The Morgan fingerprint density at radius 1 is 1.24 bits per heavy atom. The lowest BCUT2D eigenvalue weighted by molar-refractivity contribution is 0.0389. The highest BCUT2D eigenvalue weighted by molar-refractivity contribution is 7.89. The molecule has 42 heavy (non-hydrogen) atoms. The number of nitrogens with one attached hydrogen (secondary N) is 2. The van der Waals surface area contributed by atoms with E-state index in [9.17, 15) is 23.1 Å². The first-order valence-corrected chi connectivity index (χ1v) is 14.8. The van der Waals surface area contributed by atoms with Crippen molar-refractivity contribution in [2.45, 2.75) is 31.0 Å². The molecular formula is C28H36N6O7S. The molecule has 13 nitrogen and oxygen atoms in total. The number of hydrogen-bond donors (Lipinski definition) is 3. The Labute approximate surface area is 245 Å². The molecule has 2 aromatic carbocycles. The van der Waals surface area contributed by atoms with Crippen molar-refractivity contribution in [3.63, 3.8) is 0 Å². The fourth-order valence-electron chi connectivity index (χ4n) is 4.55. The summed E-state index contributed by atoms with van der Waals surface area (Å²) in [5, 5.41) is 15.3. The van der Waals surface area contributed by atoms with Gasteiger partial charge in [-0.25, -0.2) is 18.2 Å². The van der Waals surface area contributed by atoms with Gasteiger partial charge in [-0.2, -0.15) is 4.31 Å². The molecule has 0 saturated carbocycles. The standard InChI is InChI=1S/C28H36N6O7S/c1-18-13-34(19(2)16-35)27(36)22-7-6-8-23(31-28(37)30-20-9-11-21(40-5)12-10-20)26(22)41-24(18)14-33(4)42(38,39)25-15-32(3)17-29-25/h6-12,15,17-19,24,35H,13-14,16H2,1-5H3,(H2,30,31,37)/t18-,19+,24+/m0/s1. The molecule has 0 saturated heterocycles. The first-order chi connectivity index (χ1) is 19.9. The number of aromatic nitrogens is 2. The molecule has 1 aliphatic heterocycles. The first kappa shape index (κ1) is 30.8. The summed E-state index contributed by atoms with van der Waals surface area (Å²) in [5.74, 6) is -0.0129. The van der Waals surface area contributed by atoms with Crippen LogP contribution in [0.25, 0.3) is 0 Å².